The molecule has 4 heterocycles. The number of benzene rings is 1. The average molecular weight is 472 g/mol. The molecule has 5 rings (SSSR count). The van der Waals surface area contributed by atoms with E-state index in [9.17, 15) is 18.0 Å². The summed E-state index contributed by atoms with van der Waals surface area (Å²) in [4.78, 5) is 25.1. The highest BCUT2D eigenvalue weighted by Crippen LogP contribution is 2.33. The van der Waals surface area contributed by atoms with E-state index in [1.165, 1.54) is 19.2 Å². The number of carbonyl (C=O) groups excluding carboxylic acids is 1. The molecule has 0 aliphatic carbocycles. The fraction of sp³-hybridized carbons (Fsp3) is 0.391. The molecule has 3 aromatic rings. The average Bonchev–Trinajstić information content (AvgIpc) is 3.25. The Morgan fingerprint density at radius 1 is 1.12 bits per heavy atom. The van der Waals surface area contributed by atoms with Crippen LogP contribution in [0.3, 0.4) is 0 Å². The summed E-state index contributed by atoms with van der Waals surface area (Å²) < 4.78 is 47.3. The fourth-order valence-electron chi connectivity index (χ4n) is 4.36. The molecular formula is C23H23F3N6O2. The Hall–Kier alpha value is -3.63. The van der Waals surface area contributed by atoms with Gasteiger partial charge in [0.1, 0.15) is 17.6 Å². The predicted octanol–water partition coefficient (Wildman–Crippen LogP) is 3.24. The van der Waals surface area contributed by atoms with Crippen LogP contribution in [0.1, 0.15) is 31.2 Å². The molecule has 2 aliphatic rings. The standard InChI is InChI=1S/C23H23F3N6O2/c1-13(33)32-9-6-18-19(12-32)28-21(16-11-27-30-22(16)26)23(29-18)31-7-4-15(5-8-31)34-20-3-2-14(24)10-17(20)25/h2-3,10-11,15H,4-9,12H2,1H3,(H,27,30). The van der Waals surface area contributed by atoms with Crippen molar-refractivity contribution in [1.29, 1.82) is 0 Å². The lowest BCUT2D eigenvalue weighted by molar-refractivity contribution is -0.129. The molecule has 0 spiro atoms. The van der Waals surface area contributed by atoms with Gasteiger partial charge >= 0.3 is 0 Å². The summed E-state index contributed by atoms with van der Waals surface area (Å²) in [5.74, 6) is -1.49. The van der Waals surface area contributed by atoms with Gasteiger partial charge in [0.15, 0.2) is 17.4 Å². The third kappa shape index (κ3) is 4.29. The first-order valence-corrected chi connectivity index (χ1v) is 11.1. The minimum Gasteiger partial charge on any atom is -0.487 e. The Labute approximate surface area is 193 Å². The van der Waals surface area contributed by atoms with Crippen LogP contribution in [0.25, 0.3) is 11.3 Å². The minimum absolute atomic E-state index is 0.0182. The number of H-pyrrole nitrogens is 1. The van der Waals surface area contributed by atoms with Crippen LogP contribution in [0.2, 0.25) is 0 Å². The molecule has 1 fully saturated rings. The normalized spacial score (nSPS) is 16.5. The fourth-order valence-corrected chi connectivity index (χ4v) is 4.36. The third-order valence-electron chi connectivity index (χ3n) is 6.21. The Kier molecular flexibility index (Phi) is 5.84. The van der Waals surface area contributed by atoms with Gasteiger partial charge in [-0.05, 0) is 12.1 Å². The molecule has 2 aromatic heterocycles. The number of fused-ring (bicyclic) bond motifs is 1. The molecule has 11 heteroatoms. The van der Waals surface area contributed by atoms with E-state index in [1.807, 2.05) is 4.90 Å². The van der Waals surface area contributed by atoms with Crippen molar-refractivity contribution >= 4 is 11.7 Å². The molecule has 0 unspecified atom stereocenters. The lowest BCUT2D eigenvalue weighted by Crippen LogP contribution is -2.40. The Morgan fingerprint density at radius 3 is 2.59 bits per heavy atom. The smallest absolute Gasteiger partial charge is 0.219 e. The van der Waals surface area contributed by atoms with Gasteiger partial charge in [0.05, 0.1) is 29.7 Å². The van der Waals surface area contributed by atoms with Crippen molar-refractivity contribution in [3.8, 4) is 17.0 Å². The van der Waals surface area contributed by atoms with Gasteiger partial charge in [-0.1, -0.05) is 0 Å². The third-order valence-corrected chi connectivity index (χ3v) is 6.21. The summed E-state index contributed by atoms with van der Waals surface area (Å²) in [6.07, 6.45) is 2.82. The number of aromatic amines is 1. The number of carbonyl (C=O) groups is 1. The quantitative estimate of drug-likeness (QED) is 0.628. The summed E-state index contributed by atoms with van der Waals surface area (Å²) in [5, 5.41) is 6.08. The second-order valence-corrected chi connectivity index (χ2v) is 8.46. The van der Waals surface area contributed by atoms with E-state index < -0.39 is 17.6 Å². The number of nitrogens with zero attached hydrogens (tertiary/aromatic N) is 5. The molecule has 0 saturated carbocycles. The van der Waals surface area contributed by atoms with Gasteiger partial charge in [0.25, 0.3) is 0 Å². The highest BCUT2D eigenvalue weighted by molar-refractivity contribution is 5.74. The maximum atomic E-state index is 14.4. The summed E-state index contributed by atoms with van der Waals surface area (Å²) in [6.45, 7) is 3.45. The van der Waals surface area contributed by atoms with Crippen molar-refractivity contribution in [3.05, 3.63) is 53.4 Å². The largest absolute Gasteiger partial charge is 0.487 e. The first-order chi connectivity index (χ1) is 16.4. The van der Waals surface area contributed by atoms with Crippen molar-refractivity contribution in [2.24, 2.45) is 0 Å². The molecular weight excluding hydrogens is 449 g/mol. The predicted molar refractivity (Wildman–Crippen MR) is 117 cm³/mol. The van der Waals surface area contributed by atoms with E-state index in [0.717, 1.165) is 17.8 Å². The first-order valence-electron chi connectivity index (χ1n) is 11.1. The number of hydrogen-bond acceptors (Lipinski definition) is 6. The molecule has 34 heavy (non-hydrogen) atoms. The molecule has 178 valence electrons. The van der Waals surface area contributed by atoms with E-state index >= 15 is 0 Å². The van der Waals surface area contributed by atoms with Crippen LogP contribution < -0.4 is 9.64 Å². The second-order valence-electron chi connectivity index (χ2n) is 8.46. The van der Waals surface area contributed by atoms with E-state index in [1.54, 1.807) is 4.90 Å². The molecule has 8 nitrogen and oxygen atoms in total. The Balaban J connectivity index is 1.39. The second kappa shape index (κ2) is 8.96. The number of hydrogen-bond donors (Lipinski definition) is 1. The SMILES string of the molecule is CC(=O)N1CCc2nc(N3CCC(Oc4ccc(F)cc4F)CC3)c(-c3cn[nH]c3F)nc2C1. The highest BCUT2D eigenvalue weighted by Gasteiger charge is 2.29. The number of nitrogens with one attached hydrogen (secondary N) is 1. The Bertz CT molecular complexity index is 1230. The number of aromatic nitrogens is 4. The van der Waals surface area contributed by atoms with Crippen LogP contribution >= 0.6 is 0 Å². The molecule has 1 saturated heterocycles. The van der Waals surface area contributed by atoms with Crippen molar-refractivity contribution in [2.75, 3.05) is 24.5 Å². The molecule has 0 bridgehead atoms. The van der Waals surface area contributed by atoms with Gasteiger partial charge in [-0.3, -0.25) is 9.89 Å². The number of amides is 1. The van der Waals surface area contributed by atoms with E-state index in [4.69, 9.17) is 14.7 Å². The van der Waals surface area contributed by atoms with E-state index in [2.05, 4.69) is 10.2 Å². The first kappa shape index (κ1) is 22.2. The van der Waals surface area contributed by atoms with Gasteiger partial charge in [-0.25, -0.2) is 18.7 Å². The zero-order chi connectivity index (χ0) is 23.8. The van der Waals surface area contributed by atoms with E-state index in [-0.39, 0.29) is 23.3 Å². The molecule has 0 atom stereocenters. The van der Waals surface area contributed by atoms with Crippen molar-refractivity contribution in [1.82, 2.24) is 25.1 Å². The zero-order valence-corrected chi connectivity index (χ0v) is 18.5. The summed E-state index contributed by atoms with van der Waals surface area (Å²) >= 11 is 0. The topological polar surface area (TPSA) is 87.2 Å². The lowest BCUT2D eigenvalue weighted by Gasteiger charge is -2.35. The van der Waals surface area contributed by atoms with Crippen LogP contribution in [-0.2, 0) is 17.8 Å². The number of ether oxygens (including phenoxy) is 1. The molecule has 1 N–H and O–H groups in total. The monoisotopic (exact) mass is 472 g/mol. The van der Waals surface area contributed by atoms with Crippen LogP contribution in [0.15, 0.2) is 24.4 Å². The van der Waals surface area contributed by atoms with Gasteiger partial charge < -0.3 is 14.5 Å². The molecule has 0 radical (unpaired) electrons. The maximum Gasteiger partial charge on any atom is 0.219 e. The minimum atomic E-state index is -0.736. The lowest BCUT2D eigenvalue weighted by atomic mass is 10.1. The Morgan fingerprint density at radius 2 is 1.91 bits per heavy atom. The maximum absolute atomic E-state index is 14.4. The number of anilines is 1. The van der Waals surface area contributed by atoms with Crippen LogP contribution in [-0.4, -0.2) is 56.7 Å². The van der Waals surface area contributed by atoms with Crippen molar-refractivity contribution in [2.45, 2.75) is 38.8 Å². The summed E-state index contributed by atoms with van der Waals surface area (Å²) in [6, 6.07) is 3.25. The van der Waals surface area contributed by atoms with Crippen LogP contribution in [0.4, 0.5) is 19.0 Å². The number of piperidine rings is 1. The molecule has 1 amide bonds. The molecule has 1 aromatic carbocycles. The van der Waals surface area contributed by atoms with Gasteiger partial charge in [-0.15, -0.1) is 0 Å². The molecule has 2 aliphatic heterocycles. The van der Waals surface area contributed by atoms with Crippen LogP contribution in [0.5, 0.6) is 5.75 Å². The number of halogens is 3. The highest BCUT2D eigenvalue weighted by atomic mass is 19.1. The number of rotatable bonds is 4. The van der Waals surface area contributed by atoms with Gasteiger partial charge in [0.2, 0.25) is 11.9 Å². The van der Waals surface area contributed by atoms with Crippen molar-refractivity contribution in [3.63, 3.8) is 0 Å². The summed E-state index contributed by atoms with van der Waals surface area (Å²) in [7, 11) is 0. The van der Waals surface area contributed by atoms with Crippen LogP contribution in [0, 0.1) is 17.6 Å². The van der Waals surface area contributed by atoms with Crippen molar-refractivity contribution < 1.29 is 22.7 Å². The zero-order valence-electron chi connectivity index (χ0n) is 18.5. The summed E-state index contributed by atoms with van der Waals surface area (Å²) in [5.41, 5.74) is 1.99. The van der Waals surface area contributed by atoms with Gasteiger partial charge in [0, 0.05) is 51.9 Å². The van der Waals surface area contributed by atoms with E-state index in [0.29, 0.717) is 62.6 Å². The van der Waals surface area contributed by atoms with Gasteiger partial charge in [-0.2, -0.15) is 9.49 Å².